The highest BCUT2D eigenvalue weighted by molar-refractivity contribution is 8.00. The van der Waals surface area contributed by atoms with Crippen LogP contribution < -0.4 is 5.73 Å². The molecule has 16 heavy (non-hydrogen) atoms. The summed E-state index contributed by atoms with van der Waals surface area (Å²) >= 11 is 1.26. The number of carboxylic acids is 1. The van der Waals surface area contributed by atoms with Crippen LogP contribution >= 0.6 is 11.8 Å². The van der Waals surface area contributed by atoms with E-state index in [0.717, 1.165) is 16.3 Å². The molecule has 0 saturated heterocycles. The lowest BCUT2D eigenvalue weighted by Crippen LogP contribution is -2.20. The summed E-state index contributed by atoms with van der Waals surface area (Å²) in [6.07, 6.45) is 0.453. The molecule has 0 aliphatic rings. The smallest absolute Gasteiger partial charge is 0.317 e. The zero-order chi connectivity index (χ0) is 12.1. The van der Waals surface area contributed by atoms with Gasteiger partial charge in [-0.15, -0.1) is 0 Å². The van der Waals surface area contributed by atoms with Crippen LogP contribution in [0.5, 0.6) is 0 Å². The highest BCUT2D eigenvalue weighted by atomic mass is 32.2. The van der Waals surface area contributed by atoms with Gasteiger partial charge in [0.1, 0.15) is 5.25 Å². The fraction of sp³-hybridized carbons (Fsp3) is 0.455. The average Bonchev–Trinajstić information content (AvgIpc) is 2.15. The largest absolute Gasteiger partial charge is 0.480 e. The minimum absolute atomic E-state index is 0.370. The van der Waals surface area contributed by atoms with Crippen LogP contribution in [0.3, 0.4) is 0 Å². The van der Waals surface area contributed by atoms with Gasteiger partial charge in [-0.1, -0.05) is 11.8 Å². The first kappa shape index (κ1) is 13.0. The maximum Gasteiger partial charge on any atom is 0.317 e. The van der Waals surface area contributed by atoms with Crippen LogP contribution in [0.2, 0.25) is 0 Å². The Morgan fingerprint density at radius 2 is 2.25 bits per heavy atom. The van der Waals surface area contributed by atoms with Gasteiger partial charge in [0.05, 0.1) is 5.03 Å². The zero-order valence-electron chi connectivity index (χ0n) is 9.43. The lowest BCUT2D eigenvalue weighted by molar-refractivity contribution is -0.136. The molecule has 1 atom stereocenters. The summed E-state index contributed by atoms with van der Waals surface area (Å²) in [6.45, 7) is 4.24. The zero-order valence-corrected chi connectivity index (χ0v) is 10.3. The van der Waals surface area contributed by atoms with Crippen LogP contribution in [0, 0.1) is 13.8 Å². The van der Waals surface area contributed by atoms with Gasteiger partial charge < -0.3 is 10.8 Å². The van der Waals surface area contributed by atoms with Crippen molar-refractivity contribution in [3.63, 3.8) is 0 Å². The first-order chi connectivity index (χ1) is 7.52. The van der Waals surface area contributed by atoms with Crippen molar-refractivity contribution in [3.8, 4) is 0 Å². The van der Waals surface area contributed by atoms with Crippen LogP contribution in [-0.2, 0) is 4.79 Å². The van der Waals surface area contributed by atoms with E-state index in [9.17, 15) is 4.79 Å². The van der Waals surface area contributed by atoms with Gasteiger partial charge in [0.15, 0.2) is 0 Å². The molecule has 1 rings (SSSR count). The van der Waals surface area contributed by atoms with Gasteiger partial charge in [-0.05, 0) is 44.5 Å². The van der Waals surface area contributed by atoms with E-state index in [2.05, 4.69) is 4.98 Å². The van der Waals surface area contributed by atoms with E-state index in [1.54, 1.807) is 0 Å². The van der Waals surface area contributed by atoms with Gasteiger partial charge in [-0.3, -0.25) is 4.79 Å². The predicted molar refractivity (Wildman–Crippen MR) is 64.7 cm³/mol. The Hall–Kier alpha value is -1.07. The third-order valence-electron chi connectivity index (χ3n) is 2.04. The summed E-state index contributed by atoms with van der Waals surface area (Å²) in [5.41, 5.74) is 7.38. The first-order valence-corrected chi connectivity index (χ1v) is 5.95. The van der Waals surface area contributed by atoms with Crippen molar-refractivity contribution in [2.45, 2.75) is 30.5 Å². The van der Waals surface area contributed by atoms with Crippen molar-refractivity contribution in [2.24, 2.45) is 5.73 Å². The highest BCUT2D eigenvalue weighted by Gasteiger charge is 2.18. The molecule has 0 bridgehead atoms. The predicted octanol–water partition coefficient (Wildman–Crippen LogP) is 1.59. The quantitative estimate of drug-likeness (QED) is 0.764. The summed E-state index contributed by atoms with van der Waals surface area (Å²) < 4.78 is 0. The number of carbonyl (C=O) groups is 1. The number of thioether (sulfide) groups is 1. The molecule has 0 fully saturated rings. The lowest BCUT2D eigenvalue weighted by atomic mass is 10.3. The van der Waals surface area contributed by atoms with Gasteiger partial charge >= 0.3 is 5.97 Å². The molecule has 1 heterocycles. The molecule has 88 valence electrons. The van der Waals surface area contributed by atoms with E-state index >= 15 is 0 Å². The van der Waals surface area contributed by atoms with E-state index in [1.807, 2.05) is 26.0 Å². The van der Waals surface area contributed by atoms with Crippen molar-refractivity contribution >= 4 is 17.7 Å². The second-order valence-electron chi connectivity index (χ2n) is 3.65. The number of hydrogen-bond donors (Lipinski definition) is 2. The summed E-state index contributed by atoms with van der Waals surface area (Å²) in [5, 5.41) is 9.23. The van der Waals surface area contributed by atoms with Gasteiger partial charge in [-0.2, -0.15) is 0 Å². The summed E-state index contributed by atoms with van der Waals surface area (Å²) in [7, 11) is 0. The van der Waals surface area contributed by atoms with Crippen molar-refractivity contribution in [1.82, 2.24) is 4.98 Å². The standard InChI is InChI=1S/C11H16N2O2S/c1-7-5-8(2)13-10(6-7)16-9(3-4-12)11(14)15/h5-6,9H,3-4,12H2,1-2H3,(H,14,15). The molecule has 0 amide bonds. The average molecular weight is 240 g/mol. The number of nitrogens with two attached hydrogens (primary N) is 1. The summed E-state index contributed by atoms with van der Waals surface area (Å²) in [4.78, 5) is 15.3. The van der Waals surface area contributed by atoms with Crippen LogP contribution in [-0.4, -0.2) is 27.9 Å². The molecule has 5 heteroatoms. The van der Waals surface area contributed by atoms with Crippen LogP contribution in [0.15, 0.2) is 17.2 Å². The van der Waals surface area contributed by atoms with Crippen LogP contribution in [0.25, 0.3) is 0 Å². The highest BCUT2D eigenvalue weighted by Crippen LogP contribution is 2.24. The van der Waals surface area contributed by atoms with Gasteiger partial charge in [0, 0.05) is 5.69 Å². The van der Waals surface area contributed by atoms with E-state index < -0.39 is 11.2 Å². The molecule has 1 aromatic heterocycles. The normalized spacial score (nSPS) is 12.4. The minimum atomic E-state index is -0.837. The molecule has 1 unspecified atom stereocenters. The number of aromatic nitrogens is 1. The molecule has 0 aliphatic heterocycles. The number of aryl methyl sites for hydroxylation is 2. The van der Waals surface area contributed by atoms with Crippen molar-refractivity contribution < 1.29 is 9.90 Å². The molecular formula is C11H16N2O2S. The molecule has 0 spiro atoms. The van der Waals surface area contributed by atoms with E-state index in [1.165, 1.54) is 11.8 Å². The Balaban J connectivity index is 2.80. The Bertz CT molecular complexity index is 362. The molecule has 0 radical (unpaired) electrons. The molecule has 4 nitrogen and oxygen atoms in total. The van der Waals surface area contributed by atoms with Crippen LogP contribution in [0.4, 0.5) is 0 Å². The molecule has 1 aromatic rings. The van der Waals surface area contributed by atoms with E-state index in [0.29, 0.717) is 13.0 Å². The fourth-order valence-electron chi connectivity index (χ4n) is 1.39. The van der Waals surface area contributed by atoms with Gasteiger partial charge in [-0.25, -0.2) is 4.98 Å². The Labute approximate surface area is 99.3 Å². The number of rotatable bonds is 5. The number of carboxylic acid groups (broad SMARTS) is 1. The molecule has 0 aromatic carbocycles. The van der Waals surface area contributed by atoms with Crippen LogP contribution in [0.1, 0.15) is 17.7 Å². The van der Waals surface area contributed by atoms with Gasteiger partial charge in [0.2, 0.25) is 0 Å². The minimum Gasteiger partial charge on any atom is -0.480 e. The maximum atomic E-state index is 11.0. The third-order valence-corrected chi connectivity index (χ3v) is 3.21. The van der Waals surface area contributed by atoms with E-state index in [4.69, 9.17) is 10.8 Å². The second kappa shape index (κ2) is 5.86. The SMILES string of the molecule is Cc1cc(C)nc(SC(CCN)C(=O)O)c1. The Morgan fingerprint density at radius 3 is 2.75 bits per heavy atom. The Morgan fingerprint density at radius 1 is 1.56 bits per heavy atom. The molecule has 0 aliphatic carbocycles. The number of nitrogens with zero attached hydrogens (tertiary/aromatic N) is 1. The van der Waals surface area contributed by atoms with E-state index in [-0.39, 0.29) is 0 Å². The second-order valence-corrected chi connectivity index (χ2v) is 4.87. The summed E-state index contributed by atoms with van der Waals surface area (Å²) in [6, 6.07) is 3.85. The molecule has 3 N–H and O–H groups in total. The Kier molecular flexibility index (Phi) is 4.76. The number of hydrogen-bond acceptors (Lipinski definition) is 4. The third kappa shape index (κ3) is 3.83. The number of pyridine rings is 1. The summed E-state index contributed by atoms with van der Waals surface area (Å²) in [5.74, 6) is -0.837. The first-order valence-electron chi connectivity index (χ1n) is 5.07. The van der Waals surface area contributed by atoms with Crippen molar-refractivity contribution in [1.29, 1.82) is 0 Å². The van der Waals surface area contributed by atoms with Crippen molar-refractivity contribution in [2.75, 3.05) is 6.54 Å². The maximum absolute atomic E-state index is 11.0. The lowest BCUT2D eigenvalue weighted by Gasteiger charge is -2.10. The number of aliphatic carboxylic acids is 1. The molecule has 0 saturated carbocycles. The monoisotopic (exact) mass is 240 g/mol. The van der Waals surface area contributed by atoms with Gasteiger partial charge in [0.25, 0.3) is 0 Å². The molecular weight excluding hydrogens is 224 g/mol. The topological polar surface area (TPSA) is 76.2 Å². The van der Waals surface area contributed by atoms with Crippen molar-refractivity contribution in [3.05, 3.63) is 23.4 Å². The fourth-order valence-corrected chi connectivity index (χ4v) is 2.49.